The molecule has 1 aromatic carbocycles. The number of hydrogen-bond donors (Lipinski definition) is 2. The molecule has 3 N–H and O–H groups in total. The van der Waals surface area contributed by atoms with Crippen LogP contribution in [0.15, 0.2) is 35.0 Å². The monoisotopic (exact) mass is 308 g/mol. The maximum absolute atomic E-state index is 9.37. The van der Waals surface area contributed by atoms with Gasteiger partial charge in [0, 0.05) is 28.1 Å². The molecule has 1 unspecified atom stereocenters. The molecule has 1 heterocycles. The Labute approximate surface area is 115 Å². The minimum Gasteiger partial charge on any atom is -0.511 e. The standard InChI is InChI=1S/C14H17BrN2O/c1-8-11(7-13(16)9(2)18)12-6-10(15)4-5-14(12)17(8)3/h4-6,13,18H,2,7,16H2,1,3H3. The van der Waals surface area contributed by atoms with Crippen LogP contribution in [0.4, 0.5) is 0 Å². The van der Waals surface area contributed by atoms with Crippen molar-refractivity contribution in [3.63, 3.8) is 0 Å². The molecular formula is C14H17BrN2O. The molecule has 96 valence electrons. The van der Waals surface area contributed by atoms with E-state index in [4.69, 9.17) is 5.73 Å². The smallest absolute Gasteiger partial charge is 0.102 e. The van der Waals surface area contributed by atoms with Gasteiger partial charge in [-0.2, -0.15) is 0 Å². The summed E-state index contributed by atoms with van der Waals surface area (Å²) >= 11 is 3.49. The Bertz CT molecular complexity index is 616. The SMILES string of the molecule is C=C(O)C(N)Cc1c(C)n(C)c2ccc(Br)cc12. The van der Waals surface area contributed by atoms with Crippen molar-refractivity contribution in [2.45, 2.75) is 19.4 Å². The molecule has 0 saturated heterocycles. The zero-order chi connectivity index (χ0) is 13.4. The third-order valence-corrected chi connectivity index (χ3v) is 3.93. The summed E-state index contributed by atoms with van der Waals surface area (Å²) in [6.45, 7) is 5.57. The van der Waals surface area contributed by atoms with Crippen LogP contribution in [0.2, 0.25) is 0 Å². The number of nitrogens with two attached hydrogens (primary N) is 1. The van der Waals surface area contributed by atoms with E-state index in [0.717, 1.165) is 10.0 Å². The topological polar surface area (TPSA) is 51.2 Å². The van der Waals surface area contributed by atoms with E-state index in [9.17, 15) is 5.11 Å². The first-order valence-corrected chi connectivity index (χ1v) is 6.58. The second kappa shape index (κ2) is 4.78. The van der Waals surface area contributed by atoms with Crippen LogP contribution in [0.25, 0.3) is 10.9 Å². The molecule has 0 saturated carbocycles. The summed E-state index contributed by atoms with van der Waals surface area (Å²) in [4.78, 5) is 0. The first kappa shape index (κ1) is 13.2. The minimum atomic E-state index is -0.423. The van der Waals surface area contributed by atoms with Gasteiger partial charge in [-0.05, 0) is 37.1 Å². The summed E-state index contributed by atoms with van der Waals surface area (Å²) in [7, 11) is 2.04. The van der Waals surface area contributed by atoms with Crippen LogP contribution in [-0.4, -0.2) is 15.7 Å². The highest BCUT2D eigenvalue weighted by Crippen LogP contribution is 2.29. The predicted molar refractivity (Wildman–Crippen MR) is 78.8 cm³/mol. The van der Waals surface area contributed by atoms with Crippen molar-refractivity contribution in [3.05, 3.63) is 46.3 Å². The summed E-state index contributed by atoms with van der Waals surface area (Å²) in [5.74, 6) is 0.0291. The number of aliphatic hydroxyl groups excluding tert-OH is 1. The van der Waals surface area contributed by atoms with Crippen LogP contribution in [0.1, 0.15) is 11.3 Å². The summed E-state index contributed by atoms with van der Waals surface area (Å²) in [6, 6.07) is 5.77. The van der Waals surface area contributed by atoms with Gasteiger partial charge in [-0.3, -0.25) is 0 Å². The summed E-state index contributed by atoms with van der Waals surface area (Å²) in [5, 5.41) is 10.5. The van der Waals surface area contributed by atoms with Gasteiger partial charge in [-0.1, -0.05) is 22.5 Å². The van der Waals surface area contributed by atoms with Crippen LogP contribution >= 0.6 is 15.9 Å². The molecule has 2 aromatic rings. The third kappa shape index (κ3) is 2.18. The lowest BCUT2D eigenvalue weighted by atomic mass is 10.0. The number of hydrogen-bond acceptors (Lipinski definition) is 2. The number of aliphatic hydroxyl groups is 1. The Balaban J connectivity index is 2.58. The summed E-state index contributed by atoms with van der Waals surface area (Å²) < 4.78 is 3.18. The predicted octanol–water partition coefficient (Wildman–Crippen LogP) is 3.19. The largest absolute Gasteiger partial charge is 0.511 e. The Morgan fingerprint density at radius 1 is 1.56 bits per heavy atom. The lowest BCUT2D eigenvalue weighted by Gasteiger charge is -2.10. The molecule has 3 nitrogen and oxygen atoms in total. The van der Waals surface area contributed by atoms with Crippen molar-refractivity contribution in [1.82, 2.24) is 4.57 Å². The average molecular weight is 309 g/mol. The quantitative estimate of drug-likeness (QED) is 0.856. The van der Waals surface area contributed by atoms with Gasteiger partial charge in [-0.15, -0.1) is 0 Å². The Morgan fingerprint density at radius 3 is 2.83 bits per heavy atom. The van der Waals surface area contributed by atoms with E-state index in [2.05, 4.69) is 46.1 Å². The average Bonchev–Trinajstić information content (AvgIpc) is 2.54. The lowest BCUT2D eigenvalue weighted by Crippen LogP contribution is -2.25. The van der Waals surface area contributed by atoms with Crippen LogP contribution in [0.3, 0.4) is 0 Å². The van der Waals surface area contributed by atoms with Gasteiger partial charge >= 0.3 is 0 Å². The Kier molecular flexibility index (Phi) is 3.50. The highest BCUT2D eigenvalue weighted by molar-refractivity contribution is 9.10. The van der Waals surface area contributed by atoms with Gasteiger partial charge in [0.1, 0.15) is 5.76 Å². The molecule has 0 amide bonds. The second-order valence-corrected chi connectivity index (χ2v) is 5.50. The van der Waals surface area contributed by atoms with Crippen molar-refractivity contribution < 1.29 is 5.11 Å². The molecule has 0 bridgehead atoms. The summed E-state index contributed by atoms with van der Waals surface area (Å²) in [5.41, 5.74) is 9.38. The van der Waals surface area contributed by atoms with E-state index in [-0.39, 0.29) is 5.76 Å². The van der Waals surface area contributed by atoms with Crippen molar-refractivity contribution in [2.75, 3.05) is 0 Å². The number of halogens is 1. The van der Waals surface area contributed by atoms with Crippen LogP contribution in [0.5, 0.6) is 0 Å². The molecule has 1 atom stereocenters. The molecular weight excluding hydrogens is 292 g/mol. The molecule has 1 aromatic heterocycles. The van der Waals surface area contributed by atoms with Crippen molar-refractivity contribution in [3.8, 4) is 0 Å². The molecule has 0 aliphatic heterocycles. The second-order valence-electron chi connectivity index (χ2n) is 4.59. The lowest BCUT2D eigenvalue weighted by molar-refractivity contribution is 0.368. The molecule has 0 spiro atoms. The minimum absolute atomic E-state index is 0.0291. The van der Waals surface area contributed by atoms with Gasteiger partial charge in [0.2, 0.25) is 0 Å². The number of benzene rings is 1. The van der Waals surface area contributed by atoms with E-state index in [1.165, 1.54) is 16.6 Å². The maximum atomic E-state index is 9.37. The maximum Gasteiger partial charge on any atom is 0.102 e. The molecule has 18 heavy (non-hydrogen) atoms. The van der Waals surface area contributed by atoms with E-state index in [0.29, 0.717) is 6.42 Å². The van der Waals surface area contributed by atoms with Crippen LogP contribution in [-0.2, 0) is 13.5 Å². The molecule has 2 rings (SSSR count). The number of nitrogens with zero attached hydrogens (tertiary/aromatic N) is 1. The fourth-order valence-electron chi connectivity index (χ4n) is 2.22. The van der Waals surface area contributed by atoms with Gasteiger partial charge in [0.15, 0.2) is 0 Å². The molecule has 0 radical (unpaired) electrons. The normalized spacial score (nSPS) is 12.9. The Hall–Kier alpha value is -1.26. The number of rotatable bonds is 3. The summed E-state index contributed by atoms with van der Waals surface area (Å²) in [6.07, 6.45) is 0.592. The number of aryl methyl sites for hydroxylation is 1. The van der Waals surface area contributed by atoms with Gasteiger partial charge in [-0.25, -0.2) is 0 Å². The molecule has 4 heteroatoms. The van der Waals surface area contributed by atoms with E-state index >= 15 is 0 Å². The van der Waals surface area contributed by atoms with Gasteiger partial charge < -0.3 is 15.4 Å². The van der Waals surface area contributed by atoms with Crippen molar-refractivity contribution >= 4 is 26.8 Å². The molecule has 0 fully saturated rings. The molecule has 0 aliphatic carbocycles. The zero-order valence-corrected chi connectivity index (χ0v) is 12.2. The Morgan fingerprint density at radius 2 is 2.22 bits per heavy atom. The first-order valence-electron chi connectivity index (χ1n) is 5.78. The van der Waals surface area contributed by atoms with Gasteiger partial charge in [0.05, 0.1) is 6.04 Å². The number of fused-ring (bicyclic) bond motifs is 1. The highest BCUT2D eigenvalue weighted by Gasteiger charge is 2.16. The van der Waals surface area contributed by atoms with E-state index in [1.807, 2.05) is 13.1 Å². The van der Waals surface area contributed by atoms with E-state index in [1.54, 1.807) is 0 Å². The van der Waals surface area contributed by atoms with Crippen LogP contribution < -0.4 is 5.73 Å². The van der Waals surface area contributed by atoms with Gasteiger partial charge in [0.25, 0.3) is 0 Å². The van der Waals surface area contributed by atoms with E-state index < -0.39 is 6.04 Å². The highest BCUT2D eigenvalue weighted by atomic mass is 79.9. The fraction of sp³-hybridized carbons (Fsp3) is 0.286. The fourth-order valence-corrected chi connectivity index (χ4v) is 2.58. The first-order chi connectivity index (χ1) is 8.41. The zero-order valence-electron chi connectivity index (χ0n) is 10.6. The number of aromatic nitrogens is 1. The third-order valence-electron chi connectivity index (χ3n) is 3.44. The van der Waals surface area contributed by atoms with Crippen molar-refractivity contribution in [1.29, 1.82) is 0 Å². The van der Waals surface area contributed by atoms with Crippen LogP contribution in [0, 0.1) is 6.92 Å². The van der Waals surface area contributed by atoms with Crippen molar-refractivity contribution in [2.24, 2.45) is 12.8 Å². The molecule has 0 aliphatic rings.